The standard InChI is InChI=1S/C13H17NO5/c1-13(2,3)19-14(8-15)11(12(17)18)9-4-6-10(16)7-5-9/h4-8,11,16H,1-3H3,(H,17,18)/t11-/m0/s1. The molecule has 0 spiro atoms. The van der Waals surface area contributed by atoms with Crippen LogP contribution in [0.4, 0.5) is 0 Å². The first-order valence-electron chi connectivity index (χ1n) is 5.69. The molecular formula is C13H17NO5. The molecular weight excluding hydrogens is 250 g/mol. The fourth-order valence-corrected chi connectivity index (χ4v) is 1.51. The second-order valence-electron chi connectivity index (χ2n) is 5.00. The van der Waals surface area contributed by atoms with E-state index < -0.39 is 17.6 Å². The summed E-state index contributed by atoms with van der Waals surface area (Å²) in [5, 5.41) is 19.2. The number of hydroxylamine groups is 2. The molecule has 0 radical (unpaired) electrons. The van der Waals surface area contributed by atoms with Crippen molar-refractivity contribution < 1.29 is 24.6 Å². The van der Waals surface area contributed by atoms with Gasteiger partial charge in [-0.15, -0.1) is 0 Å². The summed E-state index contributed by atoms with van der Waals surface area (Å²) >= 11 is 0. The number of phenolic OH excluding ortho intramolecular Hbond substituents is 1. The van der Waals surface area contributed by atoms with E-state index in [0.29, 0.717) is 12.0 Å². The van der Waals surface area contributed by atoms with E-state index in [4.69, 9.17) is 4.84 Å². The molecule has 2 N–H and O–H groups in total. The number of carbonyl (C=O) groups excluding carboxylic acids is 1. The summed E-state index contributed by atoms with van der Waals surface area (Å²) in [6, 6.07) is 4.29. The summed E-state index contributed by atoms with van der Waals surface area (Å²) < 4.78 is 0. The van der Waals surface area contributed by atoms with E-state index in [1.807, 2.05) is 0 Å². The molecule has 19 heavy (non-hydrogen) atoms. The van der Waals surface area contributed by atoms with Gasteiger partial charge in [0, 0.05) is 0 Å². The van der Waals surface area contributed by atoms with Crippen LogP contribution in [0.2, 0.25) is 0 Å². The molecule has 0 aliphatic heterocycles. The Kier molecular flexibility index (Phi) is 4.50. The number of nitrogens with zero attached hydrogens (tertiary/aromatic N) is 1. The maximum Gasteiger partial charge on any atom is 0.333 e. The van der Waals surface area contributed by atoms with Gasteiger partial charge in [-0.05, 0) is 38.5 Å². The van der Waals surface area contributed by atoms with Crippen LogP contribution in [-0.2, 0) is 14.4 Å². The van der Waals surface area contributed by atoms with E-state index in [1.165, 1.54) is 24.3 Å². The summed E-state index contributed by atoms with van der Waals surface area (Å²) in [6.07, 6.45) is 0.330. The topological polar surface area (TPSA) is 87.1 Å². The highest BCUT2D eigenvalue weighted by Crippen LogP contribution is 2.25. The lowest BCUT2D eigenvalue weighted by atomic mass is 10.1. The second-order valence-corrected chi connectivity index (χ2v) is 5.00. The van der Waals surface area contributed by atoms with Crippen molar-refractivity contribution >= 4 is 12.4 Å². The summed E-state index contributed by atoms with van der Waals surface area (Å²) in [5.74, 6) is -1.20. The summed E-state index contributed by atoms with van der Waals surface area (Å²) in [5.41, 5.74) is -0.368. The van der Waals surface area contributed by atoms with Gasteiger partial charge >= 0.3 is 5.97 Å². The molecule has 1 rings (SSSR count). The first-order chi connectivity index (χ1) is 8.74. The molecule has 0 aliphatic rings. The Balaban J connectivity index is 3.08. The van der Waals surface area contributed by atoms with Crippen LogP contribution in [0.25, 0.3) is 0 Å². The van der Waals surface area contributed by atoms with Crippen molar-refractivity contribution in [1.29, 1.82) is 0 Å². The maximum atomic E-state index is 11.3. The summed E-state index contributed by atoms with van der Waals surface area (Å²) in [6.45, 7) is 5.12. The third-order valence-corrected chi connectivity index (χ3v) is 2.18. The van der Waals surface area contributed by atoms with E-state index in [2.05, 4.69) is 0 Å². The predicted octanol–water partition coefficient (Wildman–Crippen LogP) is 1.71. The highest BCUT2D eigenvalue weighted by molar-refractivity contribution is 5.77. The van der Waals surface area contributed by atoms with E-state index in [9.17, 15) is 19.8 Å². The van der Waals surface area contributed by atoms with Gasteiger partial charge in [-0.1, -0.05) is 12.1 Å². The Morgan fingerprint density at radius 1 is 1.32 bits per heavy atom. The lowest BCUT2D eigenvalue weighted by Gasteiger charge is -2.30. The molecule has 1 aromatic carbocycles. The Bertz CT molecular complexity index is 449. The lowest BCUT2D eigenvalue weighted by molar-refractivity contribution is -0.236. The molecule has 1 aromatic rings. The van der Waals surface area contributed by atoms with Crippen LogP contribution >= 0.6 is 0 Å². The van der Waals surface area contributed by atoms with Crippen LogP contribution in [0.15, 0.2) is 24.3 Å². The molecule has 0 aromatic heterocycles. The molecule has 1 amide bonds. The van der Waals surface area contributed by atoms with Gasteiger partial charge in [-0.3, -0.25) is 9.63 Å². The number of hydrogen-bond acceptors (Lipinski definition) is 4. The van der Waals surface area contributed by atoms with Gasteiger partial charge in [0.2, 0.25) is 6.41 Å². The molecule has 0 saturated carbocycles. The number of carbonyl (C=O) groups is 2. The monoisotopic (exact) mass is 267 g/mol. The van der Waals surface area contributed by atoms with Gasteiger partial charge in [0.05, 0.1) is 5.60 Å². The molecule has 0 fully saturated rings. The van der Waals surface area contributed by atoms with Crippen LogP contribution < -0.4 is 0 Å². The summed E-state index contributed by atoms with van der Waals surface area (Å²) in [7, 11) is 0. The largest absolute Gasteiger partial charge is 0.508 e. The number of benzene rings is 1. The highest BCUT2D eigenvalue weighted by atomic mass is 16.7. The van der Waals surface area contributed by atoms with Crippen LogP contribution in [0, 0.1) is 0 Å². The minimum Gasteiger partial charge on any atom is -0.508 e. The van der Waals surface area contributed by atoms with Gasteiger partial charge in [0.1, 0.15) is 5.75 Å². The zero-order valence-electron chi connectivity index (χ0n) is 11.0. The maximum absolute atomic E-state index is 11.3. The number of carboxylic acids is 1. The third-order valence-electron chi connectivity index (χ3n) is 2.18. The molecule has 0 unspecified atom stereocenters. The number of carboxylic acid groups (broad SMARTS) is 1. The molecule has 1 atom stereocenters. The van der Waals surface area contributed by atoms with Gasteiger partial charge in [-0.25, -0.2) is 9.86 Å². The number of rotatable bonds is 5. The number of aliphatic carboxylic acids is 1. The van der Waals surface area contributed by atoms with Crippen molar-refractivity contribution in [2.24, 2.45) is 0 Å². The molecule has 6 heteroatoms. The van der Waals surface area contributed by atoms with Crippen molar-refractivity contribution in [3.8, 4) is 5.75 Å². The molecule has 0 aliphatic carbocycles. The van der Waals surface area contributed by atoms with Crippen LogP contribution in [0.5, 0.6) is 5.75 Å². The highest BCUT2D eigenvalue weighted by Gasteiger charge is 2.30. The zero-order chi connectivity index (χ0) is 14.6. The zero-order valence-corrected chi connectivity index (χ0v) is 11.0. The van der Waals surface area contributed by atoms with Crippen molar-refractivity contribution in [2.75, 3.05) is 0 Å². The van der Waals surface area contributed by atoms with E-state index >= 15 is 0 Å². The molecule has 104 valence electrons. The van der Waals surface area contributed by atoms with E-state index in [1.54, 1.807) is 20.8 Å². The van der Waals surface area contributed by atoms with Gasteiger partial charge < -0.3 is 10.2 Å². The number of hydrogen-bond donors (Lipinski definition) is 2. The molecule has 0 bridgehead atoms. The van der Waals surface area contributed by atoms with Gasteiger partial charge in [0.15, 0.2) is 6.04 Å². The van der Waals surface area contributed by atoms with E-state index in [-0.39, 0.29) is 5.75 Å². The van der Waals surface area contributed by atoms with E-state index in [0.717, 1.165) is 5.06 Å². The van der Waals surface area contributed by atoms with Crippen LogP contribution in [0.1, 0.15) is 32.4 Å². The average molecular weight is 267 g/mol. The Hall–Kier alpha value is -2.08. The SMILES string of the molecule is CC(C)(C)ON(C=O)[C@H](C(=O)O)c1ccc(O)cc1. The first-order valence-corrected chi connectivity index (χ1v) is 5.69. The number of phenols is 1. The van der Waals surface area contributed by atoms with Gasteiger partial charge in [-0.2, -0.15) is 0 Å². The Morgan fingerprint density at radius 2 is 1.84 bits per heavy atom. The fourth-order valence-electron chi connectivity index (χ4n) is 1.51. The lowest BCUT2D eigenvalue weighted by Crippen LogP contribution is -2.39. The van der Waals surface area contributed by atoms with Crippen molar-refractivity contribution in [2.45, 2.75) is 32.4 Å². The Morgan fingerprint density at radius 3 is 2.21 bits per heavy atom. The van der Waals surface area contributed by atoms with Crippen molar-refractivity contribution in [3.05, 3.63) is 29.8 Å². The minimum absolute atomic E-state index is 0.0160. The smallest absolute Gasteiger partial charge is 0.333 e. The second kappa shape index (κ2) is 5.71. The van der Waals surface area contributed by atoms with Crippen molar-refractivity contribution in [1.82, 2.24) is 5.06 Å². The first kappa shape index (κ1) is 15.0. The molecule has 0 saturated heterocycles. The predicted molar refractivity (Wildman–Crippen MR) is 67.2 cm³/mol. The van der Waals surface area contributed by atoms with Crippen molar-refractivity contribution in [3.63, 3.8) is 0 Å². The molecule has 0 heterocycles. The normalized spacial score (nSPS) is 12.8. The van der Waals surface area contributed by atoms with Crippen LogP contribution in [-0.4, -0.2) is 33.3 Å². The third kappa shape index (κ3) is 4.26. The average Bonchev–Trinajstić information content (AvgIpc) is 2.28. The van der Waals surface area contributed by atoms with Crippen LogP contribution in [0.3, 0.4) is 0 Å². The number of aromatic hydroxyl groups is 1. The quantitative estimate of drug-likeness (QED) is 0.626. The molecule has 6 nitrogen and oxygen atoms in total. The fraction of sp³-hybridized carbons (Fsp3) is 0.385. The summed E-state index contributed by atoms with van der Waals surface area (Å²) in [4.78, 5) is 27.7. The number of amides is 1. The minimum atomic E-state index is -1.27. The Labute approximate surface area is 111 Å². The van der Waals surface area contributed by atoms with Gasteiger partial charge in [0.25, 0.3) is 0 Å².